The molecule has 26 heavy (non-hydrogen) atoms. The SMILES string of the molecule is CN=C(NCCCOCC1CCCO1)NCC(C)Oc1ccccc1Br. The molecule has 0 aromatic heterocycles. The van der Waals surface area contributed by atoms with Gasteiger partial charge in [-0.3, -0.25) is 4.99 Å². The Morgan fingerprint density at radius 3 is 2.96 bits per heavy atom. The summed E-state index contributed by atoms with van der Waals surface area (Å²) in [5, 5.41) is 6.57. The van der Waals surface area contributed by atoms with E-state index in [2.05, 4.69) is 31.6 Å². The number of halogens is 1. The minimum Gasteiger partial charge on any atom is -0.488 e. The van der Waals surface area contributed by atoms with Gasteiger partial charge in [-0.1, -0.05) is 12.1 Å². The number of hydrogen-bond acceptors (Lipinski definition) is 4. The molecule has 1 heterocycles. The predicted molar refractivity (Wildman–Crippen MR) is 108 cm³/mol. The van der Waals surface area contributed by atoms with E-state index in [1.54, 1.807) is 7.05 Å². The molecule has 1 fully saturated rings. The first-order chi connectivity index (χ1) is 12.7. The first-order valence-corrected chi connectivity index (χ1v) is 10.0. The van der Waals surface area contributed by atoms with E-state index in [9.17, 15) is 0 Å². The van der Waals surface area contributed by atoms with E-state index in [1.807, 2.05) is 31.2 Å². The van der Waals surface area contributed by atoms with E-state index >= 15 is 0 Å². The topological polar surface area (TPSA) is 64.1 Å². The highest BCUT2D eigenvalue weighted by molar-refractivity contribution is 9.10. The molecule has 1 aromatic carbocycles. The Morgan fingerprint density at radius 1 is 1.38 bits per heavy atom. The van der Waals surface area contributed by atoms with Crippen LogP contribution in [-0.2, 0) is 9.47 Å². The van der Waals surface area contributed by atoms with E-state index in [1.165, 1.54) is 0 Å². The monoisotopic (exact) mass is 427 g/mol. The van der Waals surface area contributed by atoms with Crippen molar-refractivity contribution in [2.45, 2.75) is 38.4 Å². The van der Waals surface area contributed by atoms with Crippen LogP contribution in [0.1, 0.15) is 26.2 Å². The maximum Gasteiger partial charge on any atom is 0.191 e. The van der Waals surface area contributed by atoms with Gasteiger partial charge in [0.15, 0.2) is 5.96 Å². The van der Waals surface area contributed by atoms with E-state index in [4.69, 9.17) is 14.2 Å². The Morgan fingerprint density at radius 2 is 2.23 bits per heavy atom. The van der Waals surface area contributed by atoms with Crippen molar-refractivity contribution in [1.82, 2.24) is 10.6 Å². The fourth-order valence-corrected chi connectivity index (χ4v) is 3.01. The van der Waals surface area contributed by atoms with Gasteiger partial charge in [0.25, 0.3) is 0 Å². The van der Waals surface area contributed by atoms with Crippen molar-refractivity contribution in [3.05, 3.63) is 28.7 Å². The molecule has 0 radical (unpaired) electrons. The van der Waals surface area contributed by atoms with E-state index in [0.717, 1.165) is 55.2 Å². The fraction of sp³-hybridized carbons (Fsp3) is 0.632. The summed E-state index contributed by atoms with van der Waals surface area (Å²) in [6.07, 6.45) is 3.51. The van der Waals surface area contributed by atoms with Gasteiger partial charge in [0, 0.05) is 26.8 Å². The Kier molecular flexibility index (Phi) is 9.81. The highest BCUT2D eigenvalue weighted by Crippen LogP contribution is 2.24. The zero-order chi connectivity index (χ0) is 18.6. The number of para-hydroxylation sites is 1. The lowest BCUT2D eigenvalue weighted by Gasteiger charge is -2.18. The lowest BCUT2D eigenvalue weighted by Crippen LogP contribution is -2.42. The van der Waals surface area contributed by atoms with E-state index in [-0.39, 0.29) is 6.10 Å². The lowest BCUT2D eigenvalue weighted by molar-refractivity contribution is 0.0168. The lowest BCUT2D eigenvalue weighted by atomic mass is 10.2. The number of hydrogen-bond donors (Lipinski definition) is 2. The number of benzene rings is 1. The van der Waals surface area contributed by atoms with Crippen LogP contribution in [0, 0.1) is 0 Å². The van der Waals surface area contributed by atoms with E-state index < -0.39 is 0 Å². The maximum atomic E-state index is 5.92. The van der Waals surface area contributed by atoms with Gasteiger partial charge in [-0.25, -0.2) is 0 Å². The van der Waals surface area contributed by atoms with Gasteiger partial charge in [-0.05, 0) is 54.2 Å². The number of nitrogens with one attached hydrogen (secondary N) is 2. The van der Waals surface area contributed by atoms with E-state index in [0.29, 0.717) is 19.3 Å². The Bertz CT molecular complexity index is 551. The van der Waals surface area contributed by atoms with Crippen LogP contribution >= 0.6 is 15.9 Å². The third kappa shape index (κ3) is 7.93. The van der Waals surface area contributed by atoms with Crippen molar-refractivity contribution in [3.8, 4) is 5.75 Å². The number of guanidine groups is 1. The minimum absolute atomic E-state index is 0.0157. The third-order valence-electron chi connectivity index (χ3n) is 4.03. The maximum absolute atomic E-state index is 5.92. The van der Waals surface area contributed by atoms with Crippen LogP contribution in [-0.4, -0.2) is 58.1 Å². The number of aliphatic imine (C=N–C) groups is 1. The van der Waals surface area contributed by atoms with Gasteiger partial charge < -0.3 is 24.8 Å². The second-order valence-electron chi connectivity index (χ2n) is 6.30. The van der Waals surface area contributed by atoms with Crippen LogP contribution in [0.25, 0.3) is 0 Å². The van der Waals surface area contributed by atoms with Crippen LogP contribution in [0.3, 0.4) is 0 Å². The van der Waals surface area contributed by atoms with Gasteiger partial charge in [0.05, 0.1) is 23.7 Å². The molecule has 1 saturated heterocycles. The quantitative estimate of drug-likeness (QED) is 0.341. The van der Waals surface area contributed by atoms with Crippen molar-refractivity contribution in [2.75, 3.05) is 40.0 Å². The Labute approximate surface area is 164 Å². The van der Waals surface area contributed by atoms with Gasteiger partial charge in [-0.2, -0.15) is 0 Å². The summed E-state index contributed by atoms with van der Waals surface area (Å²) >= 11 is 3.49. The second kappa shape index (κ2) is 12.1. The molecule has 1 aliphatic heterocycles. The molecule has 2 unspecified atom stereocenters. The van der Waals surface area contributed by atoms with Gasteiger partial charge in [0.2, 0.25) is 0 Å². The predicted octanol–water partition coefficient (Wildman–Crippen LogP) is 2.97. The first kappa shape index (κ1) is 21.0. The molecular formula is C19H30BrN3O3. The molecule has 1 aliphatic rings. The molecule has 0 aliphatic carbocycles. The average molecular weight is 428 g/mol. The molecule has 6 nitrogen and oxygen atoms in total. The number of nitrogens with zero attached hydrogens (tertiary/aromatic N) is 1. The smallest absolute Gasteiger partial charge is 0.191 e. The van der Waals surface area contributed by atoms with Crippen molar-refractivity contribution in [1.29, 1.82) is 0 Å². The summed E-state index contributed by atoms with van der Waals surface area (Å²) in [7, 11) is 1.77. The van der Waals surface area contributed by atoms with Crippen molar-refractivity contribution in [2.24, 2.45) is 4.99 Å². The van der Waals surface area contributed by atoms with Crippen LogP contribution in [0.2, 0.25) is 0 Å². The molecule has 146 valence electrons. The van der Waals surface area contributed by atoms with Crippen molar-refractivity contribution >= 4 is 21.9 Å². The normalized spacial score (nSPS) is 18.6. The van der Waals surface area contributed by atoms with Gasteiger partial charge in [-0.15, -0.1) is 0 Å². The third-order valence-corrected chi connectivity index (χ3v) is 4.69. The summed E-state index contributed by atoms with van der Waals surface area (Å²) in [4.78, 5) is 4.23. The minimum atomic E-state index is 0.0157. The number of ether oxygens (including phenoxy) is 3. The average Bonchev–Trinajstić information content (AvgIpc) is 3.16. The van der Waals surface area contributed by atoms with Crippen molar-refractivity contribution < 1.29 is 14.2 Å². The number of rotatable bonds is 10. The standard InChI is InChI=1S/C19H30BrN3O3/c1-15(26-18-9-4-3-8-17(18)20)13-23-19(21-2)22-10-6-11-24-14-16-7-5-12-25-16/h3-4,8-9,15-16H,5-7,10-14H2,1-2H3,(H2,21,22,23). The molecule has 0 spiro atoms. The Hall–Kier alpha value is -1.31. The van der Waals surface area contributed by atoms with Crippen LogP contribution in [0.4, 0.5) is 0 Å². The zero-order valence-corrected chi connectivity index (χ0v) is 17.3. The summed E-state index contributed by atoms with van der Waals surface area (Å²) in [5.74, 6) is 1.61. The molecule has 2 N–H and O–H groups in total. The molecule has 0 bridgehead atoms. The van der Waals surface area contributed by atoms with Crippen molar-refractivity contribution in [3.63, 3.8) is 0 Å². The van der Waals surface area contributed by atoms with Gasteiger partial charge in [0.1, 0.15) is 11.9 Å². The summed E-state index contributed by atoms with van der Waals surface area (Å²) in [6, 6.07) is 7.85. The van der Waals surface area contributed by atoms with Crippen LogP contribution < -0.4 is 15.4 Å². The molecule has 7 heteroatoms. The largest absolute Gasteiger partial charge is 0.488 e. The Balaban J connectivity index is 1.54. The summed E-state index contributed by atoms with van der Waals surface area (Å²) in [6.45, 7) is 5.81. The first-order valence-electron chi connectivity index (χ1n) is 9.24. The van der Waals surface area contributed by atoms with Crippen LogP contribution in [0.5, 0.6) is 5.75 Å². The second-order valence-corrected chi connectivity index (χ2v) is 7.16. The van der Waals surface area contributed by atoms with Crippen LogP contribution in [0.15, 0.2) is 33.7 Å². The zero-order valence-electron chi connectivity index (χ0n) is 15.7. The summed E-state index contributed by atoms with van der Waals surface area (Å²) < 4.78 is 18.1. The summed E-state index contributed by atoms with van der Waals surface area (Å²) in [5.41, 5.74) is 0. The molecule has 2 atom stereocenters. The highest BCUT2D eigenvalue weighted by atomic mass is 79.9. The fourth-order valence-electron chi connectivity index (χ4n) is 2.63. The molecule has 0 amide bonds. The molecule has 1 aromatic rings. The van der Waals surface area contributed by atoms with Gasteiger partial charge >= 0.3 is 0 Å². The molecule has 0 saturated carbocycles. The molecule has 2 rings (SSSR count). The highest BCUT2D eigenvalue weighted by Gasteiger charge is 2.14. The molecular weight excluding hydrogens is 398 g/mol.